The van der Waals surface area contributed by atoms with Gasteiger partial charge in [0.05, 0.1) is 24.1 Å². The average Bonchev–Trinajstić information content (AvgIpc) is 3.77. The van der Waals surface area contributed by atoms with Crippen molar-refractivity contribution in [3.8, 4) is 22.9 Å². The monoisotopic (exact) mass is 601 g/mol. The van der Waals surface area contributed by atoms with Crippen LogP contribution in [0.1, 0.15) is 55.2 Å². The Morgan fingerprint density at radius 2 is 1.71 bits per heavy atom. The van der Waals surface area contributed by atoms with Crippen LogP contribution in [0.4, 0.5) is 0 Å². The van der Waals surface area contributed by atoms with Crippen molar-refractivity contribution >= 4 is 11.9 Å². The minimum absolute atomic E-state index is 0.00413. The maximum Gasteiger partial charge on any atom is 0.332 e. The van der Waals surface area contributed by atoms with Gasteiger partial charge in [0.25, 0.3) is 0 Å². The van der Waals surface area contributed by atoms with Gasteiger partial charge in [-0.25, -0.2) is 9.78 Å². The molecule has 0 bridgehead atoms. The van der Waals surface area contributed by atoms with Crippen molar-refractivity contribution in [2.75, 3.05) is 0 Å². The molecule has 0 spiro atoms. The van der Waals surface area contributed by atoms with Crippen molar-refractivity contribution in [1.29, 1.82) is 5.26 Å². The fraction of sp³-hybridized carbons (Fsp3) is 0.222. The zero-order chi connectivity index (χ0) is 31.8. The molecule has 0 saturated heterocycles. The molecule has 0 aliphatic carbocycles. The molecule has 3 aromatic carbocycles. The number of nitriles is 1. The summed E-state index contributed by atoms with van der Waals surface area (Å²) in [6.45, 7) is 4.11. The number of nitrogens with zero attached hydrogens (tertiary/aromatic N) is 3. The number of carboxylic acid groups (broad SMARTS) is 1. The topological polar surface area (TPSA) is 133 Å². The second-order valence-electron chi connectivity index (χ2n) is 11.4. The number of aromatic nitrogens is 3. The Balaban J connectivity index is 1.52. The number of aromatic amines is 1. The maximum absolute atomic E-state index is 14.2. The summed E-state index contributed by atoms with van der Waals surface area (Å²) in [5, 5.41) is 22.7. The molecule has 0 fully saturated rings. The first-order valence-electron chi connectivity index (χ1n) is 14.8. The first-order chi connectivity index (χ1) is 21.8. The summed E-state index contributed by atoms with van der Waals surface area (Å²) in [7, 11) is 0. The van der Waals surface area contributed by atoms with E-state index in [1.165, 1.54) is 0 Å². The molecule has 5 rings (SSSR count). The molecule has 0 radical (unpaired) electrons. The van der Waals surface area contributed by atoms with Gasteiger partial charge in [0, 0.05) is 36.0 Å². The third kappa shape index (κ3) is 7.37. The van der Waals surface area contributed by atoms with E-state index in [0.717, 1.165) is 22.4 Å². The van der Waals surface area contributed by atoms with Crippen molar-refractivity contribution in [3.63, 3.8) is 0 Å². The molecule has 3 N–H and O–H groups in total. The fourth-order valence-corrected chi connectivity index (χ4v) is 5.41. The lowest BCUT2D eigenvalue weighted by Crippen LogP contribution is -2.53. The van der Waals surface area contributed by atoms with E-state index in [1.807, 2.05) is 71.3 Å². The van der Waals surface area contributed by atoms with Crippen LogP contribution in [0.5, 0.6) is 0 Å². The van der Waals surface area contributed by atoms with E-state index in [-0.39, 0.29) is 12.5 Å². The number of nitrogens with one attached hydrogen (secondary N) is 2. The first kappa shape index (κ1) is 31.0. The third-order valence-electron chi connectivity index (χ3n) is 7.65. The number of aliphatic carboxylic acids is 1. The van der Waals surface area contributed by atoms with Crippen LogP contribution >= 0.6 is 0 Å². The van der Waals surface area contributed by atoms with Crippen LogP contribution in [-0.4, -0.2) is 31.6 Å². The molecule has 0 aliphatic heterocycles. The first-order valence-corrected chi connectivity index (χ1v) is 14.8. The van der Waals surface area contributed by atoms with Crippen molar-refractivity contribution in [3.05, 3.63) is 132 Å². The maximum atomic E-state index is 14.2. The molecule has 2 heterocycles. The summed E-state index contributed by atoms with van der Waals surface area (Å²) in [6.07, 6.45) is 6.96. The Bertz CT molecular complexity index is 1750. The molecule has 2 aromatic heterocycles. The van der Waals surface area contributed by atoms with Gasteiger partial charge in [0.2, 0.25) is 0 Å². The van der Waals surface area contributed by atoms with E-state index < -0.39 is 29.9 Å². The fourth-order valence-electron chi connectivity index (χ4n) is 5.41. The molecule has 0 aliphatic rings. The molecule has 0 saturated carbocycles. The van der Waals surface area contributed by atoms with Gasteiger partial charge in [-0.2, -0.15) is 5.26 Å². The highest BCUT2D eigenvalue weighted by atomic mass is 16.5. The number of hydrogen-bond donors (Lipinski definition) is 3. The molecule has 9 nitrogen and oxygen atoms in total. The van der Waals surface area contributed by atoms with Crippen LogP contribution < -0.4 is 5.32 Å². The molecule has 228 valence electrons. The van der Waals surface area contributed by atoms with Crippen LogP contribution in [-0.2, 0) is 26.5 Å². The molecule has 0 amide bonds. The molecule has 2 atom stereocenters. The Morgan fingerprint density at radius 1 is 1.02 bits per heavy atom. The van der Waals surface area contributed by atoms with Gasteiger partial charge in [0.1, 0.15) is 12.4 Å². The minimum atomic E-state index is -1.72. The summed E-state index contributed by atoms with van der Waals surface area (Å²) in [4.78, 5) is 34.2. The normalized spacial score (nSPS) is 13.1. The Kier molecular flexibility index (Phi) is 9.56. The van der Waals surface area contributed by atoms with E-state index in [9.17, 15) is 14.7 Å². The van der Waals surface area contributed by atoms with Crippen LogP contribution in [0, 0.1) is 17.2 Å². The standard InChI is InChI=1S/C36H35N5O4/c1-25(2)20-32(34-38-17-18-39-34)40-36(21-33(42)43,35(44)45-24-27-6-4-3-5-7-27)30-16-19-41(23-30)31-14-12-29(13-15-31)28-10-8-26(22-37)9-11-28/h3-19,23,25,32,40H,20-21,24H2,1-2H3,(H,38,39)(H,42,43)/t32?,36-/m0/s1. The van der Waals surface area contributed by atoms with Gasteiger partial charge in [0.15, 0.2) is 5.54 Å². The van der Waals surface area contributed by atoms with Crippen molar-refractivity contribution in [2.45, 2.75) is 44.9 Å². The van der Waals surface area contributed by atoms with Gasteiger partial charge in [-0.3, -0.25) is 10.1 Å². The molecule has 1 unspecified atom stereocenters. The summed E-state index contributed by atoms with van der Waals surface area (Å²) < 4.78 is 7.70. The van der Waals surface area contributed by atoms with Gasteiger partial charge < -0.3 is 19.4 Å². The number of rotatable bonds is 13. The Labute approximate surface area is 262 Å². The van der Waals surface area contributed by atoms with E-state index in [4.69, 9.17) is 10.00 Å². The molecular formula is C36H35N5O4. The largest absolute Gasteiger partial charge is 0.481 e. The molecule has 9 heteroatoms. The number of hydrogen-bond acceptors (Lipinski definition) is 6. The second kappa shape index (κ2) is 13.9. The highest BCUT2D eigenvalue weighted by molar-refractivity contribution is 5.88. The van der Waals surface area contributed by atoms with Gasteiger partial charge >= 0.3 is 11.9 Å². The summed E-state index contributed by atoms with van der Waals surface area (Å²) in [6, 6.07) is 27.9. The number of H-pyrrole nitrogens is 1. The molecule has 45 heavy (non-hydrogen) atoms. The zero-order valence-corrected chi connectivity index (χ0v) is 25.2. The van der Waals surface area contributed by atoms with Crippen LogP contribution in [0.25, 0.3) is 16.8 Å². The van der Waals surface area contributed by atoms with Gasteiger partial charge in [-0.05, 0) is 59.4 Å². The Morgan fingerprint density at radius 3 is 2.31 bits per heavy atom. The number of carbonyl (C=O) groups is 2. The number of carboxylic acids is 1. The highest BCUT2D eigenvalue weighted by Gasteiger charge is 2.47. The van der Waals surface area contributed by atoms with E-state index in [1.54, 1.807) is 43.0 Å². The lowest BCUT2D eigenvalue weighted by Gasteiger charge is -2.35. The van der Waals surface area contributed by atoms with Crippen LogP contribution in [0.2, 0.25) is 0 Å². The zero-order valence-electron chi connectivity index (χ0n) is 25.2. The number of benzene rings is 3. The predicted octanol–water partition coefficient (Wildman–Crippen LogP) is 6.53. The quantitative estimate of drug-likeness (QED) is 0.131. The average molecular weight is 602 g/mol. The smallest absolute Gasteiger partial charge is 0.332 e. The summed E-state index contributed by atoms with van der Waals surface area (Å²) in [5.74, 6) is -1.02. The van der Waals surface area contributed by atoms with Crippen LogP contribution in [0.15, 0.2) is 110 Å². The predicted molar refractivity (Wildman–Crippen MR) is 170 cm³/mol. The van der Waals surface area contributed by atoms with Crippen molar-refractivity contribution in [1.82, 2.24) is 19.9 Å². The number of ether oxygens (including phenoxy) is 1. The summed E-state index contributed by atoms with van der Waals surface area (Å²) >= 11 is 0. The Hall–Kier alpha value is -5.46. The van der Waals surface area contributed by atoms with Gasteiger partial charge in [-0.1, -0.05) is 68.4 Å². The molecule has 5 aromatic rings. The van der Waals surface area contributed by atoms with E-state index in [0.29, 0.717) is 23.4 Å². The molecular weight excluding hydrogens is 566 g/mol. The SMILES string of the molecule is CC(C)CC(N[C@](CC(=O)O)(C(=O)OCc1ccccc1)c1ccn(-c2ccc(-c3ccc(C#N)cc3)cc2)c1)c1ncc[nH]1. The van der Waals surface area contributed by atoms with Gasteiger partial charge in [-0.15, -0.1) is 0 Å². The number of esters is 1. The lowest BCUT2D eigenvalue weighted by molar-refractivity contribution is -0.159. The number of imidazole rings is 1. The van der Waals surface area contributed by atoms with Crippen molar-refractivity contribution in [2.24, 2.45) is 5.92 Å². The van der Waals surface area contributed by atoms with Crippen molar-refractivity contribution < 1.29 is 19.4 Å². The minimum Gasteiger partial charge on any atom is -0.481 e. The lowest BCUT2D eigenvalue weighted by atomic mass is 9.86. The third-order valence-corrected chi connectivity index (χ3v) is 7.65. The number of carbonyl (C=O) groups excluding carboxylic acids is 1. The van der Waals surface area contributed by atoms with E-state index in [2.05, 4.69) is 35.2 Å². The summed E-state index contributed by atoms with van der Waals surface area (Å²) in [5.41, 5.74) is 2.91. The van der Waals surface area contributed by atoms with Crippen LogP contribution in [0.3, 0.4) is 0 Å². The highest BCUT2D eigenvalue weighted by Crippen LogP contribution is 2.34. The second-order valence-corrected chi connectivity index (χ2v) is 11.4. The van der Waals surface area contributed by atoms with E-state index >= 15 is 0 Å².